The molecule has 2 aromatic carbocycles. The molecule has 0 saturated carbocycles. The van der Waals surface area contributed by atoms with Gasteiger partial charge in [-0.1, -0.05) is 36.8 Å². The first-order chi connectivity index (χ1) is 9.13. The molecule has 0 radical (unpaired) electrons. The van der Waals surface area contributed by atoms with Gasteiger partial charge in [-0.3, -0.25) is 0 Å². The Hall–Kier alpha value is -2.16. The Morgan fingerprint density at radius 1 is 1.11 bits per heavy atom. The minimum atomic E-state index is -0.256. The van der Waals surface area contributed by atoms with Crippen LogP contribution >= 0.6 is 0 Å². The molecule has 0 saturated heterocycles. The molecule has 0 fully saturated rings. The van der Waals surface area contributed by atoms with Gasteiger partial charge in [-0.25, -0.2) is 9.37 Å². The summed E-state index contributed by atoms with van der Waals surface area (Å²) in [5.41, 5.74) is 3.98. The van der Waals surface area contributed by atoms with Crippen LogP contribution in [0.15, 0.2) is 42.5 Å². The van der Waals surface area contributed by atoms with Gasteiger partial charge in [-0.05, 0) is 24.6 Å². The van der Waals surface area contributed by atoms with Crippen LogP contribution in [0.2, 0.25) is 0 Å². The highest BCUT2D eigenvalue weighted by molar-refractivity contribution is 5.75. The van der Waals surface area contributed by atoms with Gasteiger partial charge in [0.2, 0.25) is 0 Å². The number of hydrogen-bond acceptors (Lipinski definition) is 1. The number of hydrogen-bond donors (Lipinski definition) is 1. The second kappa shape index (κ2) is 4.50. The van der Waals surface area contributed by atoms with Gasteiger partial charge < -0.3 is 4.98 Å². The fraction of sp³-hybridized carbons (Fsp3) is 0.188. The topological polar surface area (TPSA) is 28.7 Å². The molecule has 2 nitrogen and oxygen atoms in total. The minimum Gasteiger partial charge on any atom is -0.341 e. The van der Waals surface area contributed by atoms with Crippen LogP contribution in [0.5, 0.6) is 0 Å². The molecule has 1 heterocycles. The van der Waals surface area contributed by atoms with Crippen LogP contribution in [-0.4, -0.2) is 9.97 Å². The van der Waals surface area contributed by atoms with Crippen molar-refractivity contribution in [2.24, 2.45) is 0 Å². The number of halogens is 1. The Kier molecular flexibility index (Phi) is 2.82. The molecule has 0 aliphatic heterocycles. The van der Waals surface area contributed by atoms with Gasteiger partial charge >= 0.3 is 0 Å². The van der Waals surface area contributed by atoms with Crippen molar-refractivity contribution in [2.45, 2.75) is 19.8 Å². The second-order valence-electron chi connectivity index (χ2n) is 4.92. The van der Waals surface area contributed by atoms with Crippen molar-refractivity contribution in [3.8, 4) is 0 Å². The summed E-state index contributed by atoms with van der Waals surface area (Å²) in [5, 5.41) is 0. The zero-order valence-electron chi connectivity index (χ0n) is 10.9. The van der Waals surface area contributed by atoms with Crippen LogP contribution in [0.1, 0.15) is 29.8 Å². The lowest BCUT2D eigenvalue weighted by Gasteiger charge is -2.08. The summed E-state index contributed by atoms with van der Waals surface area (Å²) in [6.45, 7) is 4.16. The summed E-state index contributed by atoms with van der Waals surface area (Å²) in [4.78, 5) is 7.73. The molecule has 1 atom stereocenters. The largest absolute Gasteiger partial charge is 0.341 e. The Bertz CT molecular complexity index is 713. The Balaban J connectivity index is 2.01. The minimum absolute atomic E-state index is 0.163. The number of aromatic nitrogens is 2. The number of imidazole rings is 1. The molecule has 0 aliphatic carbocycles. The Morgan fingerprint density at radius 3 is 2.58 bits per heavy atom. The van der Waals surface area contributed by atoms with Crippen molar-refractivity contribution >= 4 is 11.0 Å². The zero-order valence-corrected chi connectivity index (χ0v) is 10.9. The summed E-state index contributed by atoms with van der Waals surface area (Å²) in [7, 11) is 0. The first-order valence-corrected chi connectivity index (χ1v) is 6.35. The third kappa shape index (κ3) is 2.24. The zero-order chi connectivity index (χ0) is 13.4. The summed E-state index contributed by atoms with van der Waals surface area (Å²) in [6.07, 6.45) is 0. The monoisotopic (exact) mass is 254 g/mol. The molecule has 96 valence electrons. The number of nitrogens with one attached hydrogen (secondary N) is 1. The third-order valence-corrected chi connectivity index (χ3v) is 3.45. The SMILES string of the molecule is Cc1ccc(C(C)c2nc3cc(F)ccc3[nH]2)cc1. The van der Waals surface area contributed by atoms with E-state index in [1.54, 1.807) is 6.07 Å². The predicted molar refractivity (Wildman–Crippen MR) is 74.7 cm³/mol. The molecular formula is C16H15FN2. The van der Waals surface area contributed by atoms with E-state index >= 15 is 0 Å². The smallest absolute Gasteiger partial charge is 0.125 e. The van der Waals surface area contributed by atoms with E-state index in [4.69, 9.17) is 0 Å². The van der Waals surface area contributed by atoms with E-state index in [0.29, 0.717) is 5.52 Å². The molecular weight excluding hydrogens is 239 g/mol. The van der Waals surface area contributed by atoms with E-state index in [2.05, 4.69) is 48.1 Å². The van der Waals surface area contributed by atoms with E-state index in [1.807, 2.05) is 0 Å². The standard InChI is InChI=1S/C16H15FN2/c1-10-3-5-12(6-4-10)11(2)16-18-14-8-7-13(17)9-15(14)19-16/h3-9,11H,1-2H3,(H,18,19). The molecule has 19 heavy (non-hydrogen) atoms. The van der Waals surface area contributed by atoms with Gasteiger partial charge in [0, 0.05) is 12.0 Å². The maximum Gasteiger partial charge on any atom is 0.125 e. The highest BCUT2D eigenvalue weighted by atomic mass is 19.1. The van der Waals surface area contributed by atoms with E-state index in [9.17, 15) is 4.39 Å². The van der Waals surface area contributed by atoms with Crippen LogP contribution in [0.25, 0.3) is 11.0 Å². The molecule has 3 rings (SSSR count). The van der Waals surface area contributed by atoms with Gasteiger partial charge in [0.15, 0.2) is 0 Å². The number of benzene rings is 2. The maximum absolute atomic E-state index is 13.2. The molecule has 1 aromatic heterocycles. The van der Waals surface area contributed by atoms with Gasteiger partial charge in [-0.15, -0.1) is 0 Å². The summed E-state index contributed by atoms with van der Waals surface area (Å²) >= 11 is 0. The second-order valence-corrected chi connectivity index (χ2v) is 4.92. The maximum atomic E-state index is 13.2. The number of H-pyrrole nitrogens is 1. The van der Waals surface area contributed by atoms with Crippen LogP contribution < -0.4 is 0 Å². The lowest BCUT2D eigenvalue weighted by atomic mass is 9.99. The van der Waals surface area contributed by atoms with Gasteiger partial charge in [0.05, 0.1) is 11.0 Å². The average molecular weight is 254 g/mol. The van der Waals surface area contributed by atoms with Gasteiger partial charge in [-0.2, -0.15) is 0 Å². The van der Waals surface area contributed by atoms with Crippen molar-refractivity contribution in [1.82, 2.24) is 9.97 Å². The number of aromatic amines is 1. The molecule has 1 unspecified atom stereocenters. The van der Waals surface area contributed by atoms with Crippen molar-refractivity contribution in [1.29, 1.82) is 0 Å². The first kappa shape index (κ1) is 11.9. The molecule has 0 amide bonds. The average Bonchev–Trinajstić information content (AvgIpc) is 2.81. The highest BCUT2D eigenvalue weighted by Crippen LogP contribution is 2.24. The quantitative estimate of drug-likeness (QED) is 0.730. The van der Waals surface area contributed by atoms with Crippen LogP contribution in [0.3, 0.4) is 0 Å². The highest BCUT2D eigenvalue weighted by Gasteiger charge is 2.13. The number of fused-ring (bicyclic) bond motifs is 1. The molecule has 0 spiro atoms. The van der Waals surface area contributed by atoms with Crippen molar-refractivity contribution in [2.75, 3.05) is 0 Å². The van der Waals surface area contributed by atoms with Crippen LogP contribution in [0.4, 0.5) is 4.39 Å². The van der Waals surface area contributed by atoms with Crippen LogP contribution in [-0.2, 0) is 0 Å². The normalized spacial score (nSPS) is 12.8. The van der Waals surface area contributed by atoms with Gasteiger partial charge in [0.25, 0.3) is 0 Å². The number of nitrogens with zero attached hydrogens (tertiary/aromatic N) is 1. The van der Waals surface area contributed by atoms with E-state index in [-0.39, 0.29) is 11.7 Å². The predicted octanol–water partition coefficient (Wildman–Crippen LogP) is 4.16. The summed E-state index contributed by atoms with van der Waals surface area (Å²) in [5.74, 6) is 0.772. The third-order valence-electron chi connectivity index (χ3n) is 3.45. The summed E-state index contributed by atoms with van der Waals surface area (Å²) < 4.78 is 13.2. The van der Waals surface area contributed by atoms with Crippen molar-refractivity contribution < 1.29 is 4.39 Å². The number of rotatable bonds is 2. The van der Waals surface area contributed by atoms with Crippen molar-refractivity contribution in [3.05, 3.63) is 65.2 Å². The molecule has 0 aliphatic rings. The van der Waals surface area contributed by atoms with E-state index in [0.717, 1.165) is 11.3 Å². The van der Waals surface area contributed by atoms with E-state index < -0.39 is 0 Å². The molecule has 0 bridgehead atoms. The van der Waals surface area contributed by atoms with E-state index in [1.165, 1.54) is 23.3 Å². The lowest BCUT2D eigenvalue weighted by Crippen LogP contribution is -1.98. The lowest BCUT2D eigenvalue weighted by molar-refractivity contribution is 0.629. The first-order valence-electron chi connectivity index (χ1n) is 6.35. The summed E-state index contributed by atoms with van der Waals surface area (Å²) in [6, 6.07) is 13.0. The Morgan fingerprint density at radius 2 is 1.84 bits per heavy atom. The fourth-order valence-corrected chi connectivity index (χ4v) is 2.22. The van der Waals surface area contributed by atoms with Gasteiger partial charge in [0.1, 0.15) is 11.6 Å². The molecule has 3 heteroatoms. The van der Waals surface area contributed by atoms with Crippen LogP contribution in [0, 0.1) is 12.7 Å². The van der Waals surface area contributed by atoms with Crippen molar-refractivity contribution in [3.63, 3.8) is 0 Å². The molecule has 1 N–H and O–H groups in total. The fourth-order valence-electron chi connectivity index (χ4n) is 2.22. The Labute approximate surface area is 111 Å². The molecule has 3 aromatic rings. The number of aryl methyl sites for hydroxylation is 1.